The molecule has 2 aromatic heterocycles. The van der Waals surface area contributed by atoms with E-state index in [1.807, 2.05) is 0 Å². The summed E-state index contributed by atoms with van der Waals surface area (Å²) in [4.78, 5) is 12.2. The van der Waals surface area contributed by atoms with Crippen LogP contribution in [0.4, 0.5) is 11.9 Å². The van der Waals surface area contributed by atoms with Crippen molar-refractivity contribution in [1.82, 2.24) is 19.1 Å². The lowest BCUT2D eigenvalue weighted by Crippen LogP contribution is -2.37. The molecule has 0 amide bonds. The molecule has 0 atom stereocenters. The van der Waals surface area contributed by atoms with E-state index < -0.39 is 0 Å². The van der Waals surface area contributed by atoms with Crippen LogP contribution >= 0.6 is 92.1 Å². The molecule has 14 heteroatoms. The van der Waals surface area contributed by atoms with E-state index in [1.54, 1.807) is 0 Å². The number of aryl methyl sites for hydroxylation is 4. The summed E-state index contributed by atoms with van der Waals surface area (Å²) in [5.41, 5.74) is 18.8. The molecule has 4 aromatic rings. The number of hydrogen-bond donors (Lipinski definition) is 3. The minimum absolute atomic E-state index is 0. The molecule has 0 radical (unpaired) electrons. The summed E-state index contributed by atoms with van der Waals surface area (Å²) in [6, 6.07) is 2.08. The summed E-state index contributed by atoms with van der Waals surface area (Å²) in [6.45, 7) is 6.58. The normalized spacial score (nSPS) is 16.3. The van der Waals surface area contributed by atoms with Crippen LogP contribution in [0, 0.1) is 5.92 Å². The van der Waals surface area contributed by atoms with E-state index in [4.69, 9.17) is 21.4 Å². The Balaban J connectivity index is 0.000000170. The third kappa shape index (κ3) is 6.44. The van der Waals surface area contributed by atoms with E-state index in [1.165, 1.54) is 35.0 Å². The van der Waals surface area contributed by atoms with Crippen molar-refractivity contribution < 1.29 is 0 Å². The monoisotopic (exact) mass is 926 g/mol. The SMILES string of the molecule is Cl.NCC1CCN(c2nc3c(Br)c(Br)c(Br)c4c3n2CCC4)CC1.NCCCNc1nc2cc(Br)c(Br)c3c2n1CCC3. The number of hydrogen-bond acceptors (Lipinski definition) is 6. The number of aromatic nitrogens is 4. The van der Waals surface area contributed by atoms with Gasteiger partial charge in [-0.25, -0.2) is 9.97 Å². The molecule has 3 aliphatic heterocycles. The van der Waals surface area contributed by atoms with Crippen molar-refractivity contribution in [3.05, 3.63) is 39.6 Å². The number of imidazole rings is 2. The Bertz CT molecular complexity index is 1630. The maximum atomic E-state index is 5.83. The van der Waals surface area contributed by atoms with E-state index in [2.05, 4.69) is 105 Å². The van der Waals surface area contributed by atoms with Crippen molar-refractivity contribution in [2.75, 3.05) is 42.9 Å². The largest absolute Gasteiger partial charge is 0.356 e. The van der Waals surface area contributed by atoms with Gasteiger partial charge in [-0.3, -0.25) is 0 Å². The molecule has 234 valence electrons. The zero-order chi connectivity index (χ0) is 29.5. The lowest BCUT2D eigenvalue weighted by atomic mass is 9.97. The Kier molecular flexibility index (Phi) is 11.5. The molecule has 2 aromatic carbocycles. The Morgan fingerprint density at radius 3 is 2.16 bits per heavy atom. The lowest BCUT2D eigenvalue weighted by molar-refractivity contribution is 0.408. The molecule has 1 fully saturated rings. The molecule has 5 heterocycles. The van der Waals surface area contributed by atoms with Gasteiger partial charge in [-0.05, 0) is 161 Å². The highest BCUT2D eigenvalue weighted by Crippen LogP contribution is 2.44. The van der Waals surface area contributed by atoms with Crippen molar-refractivity contribution in [1.29, 1.82) is 0 Å². The summed E-state index contributed by atoms with van der Waals surface area (Å²) in [5.74, 6) is 2.76. The molecule has 3 aliphatic rings. The quantitative estimate of drug-likeness (QED) is 0.133. The number of nitrogens with two attached hydrogens (primary N) is 2. The Morgan fingerprint density at radius 2 is 1.49 bits per heavy atom. The van der Waals surface area contributed by atoms with Crippen molar-refractivity contribution in [3.8, 4) is 0 Å². The molecule has 43 heavy (non-hydrogen) atoms. The lowest BCUT2D eigenvalue weighted by Gasteiger charge is -2.33. The fraction of sp³-hybridized carbons (Fsp3) is 0.517. The molecule has 0 aliphatic carbocycles. The van der Waals surface area contributed by atoms with E-state index in [-0.39, 0.29) is 12.4 Å². The molecule has 8 nitrogen and oxygen atoms in total. The molecule has 7 rings (SSSR count). The van der Waals surface area contributed by atoms with Crippen LogP contribution in [-0.2, 0) is 25.9 Å². The van der Waals surface area contributed by atoms with Crippen LogP contribution < -0.4 is 21.7 Å². The van der Waals surface area contributed by atoms with E-state index in [0.717, 1.165) is 117 Å². The van der Waals surface area contributed by atoms with Crippen molar-refractivity contribution >= 4 is 126 Å². The highest BCUT2D eigenvalue weighted by atomic mass is 79.9. The van der Waals surface area contributed by atoms with Gasteiger partial charge in [0.05, 0.1) is 21.0 Å². The predicted molar refractivity (Wildman–Crippen MR) is 198 cm³/mol. The standard InChI is InChI=1S/C16H19Br3N4.C13H16Br2N4.ClH/c17-11-10-2-1-5-23-15(10)14(13(19)12(11)18)21-16(23)22-6-3-9(8-20)4-7-22;14-9-7-10-12-8(11(9)15)3-1-6-19(12)13(18-10)17-5-2-4-16;/h9H,1-8,20H2;7H,1-6,16H2,(H,17,18);1H. The molecule has 5 N–H and O–H groups in total. The fourth-order valence-corrected chi connectivity index (χ4v) is 9.13. The van der Waals surface area contributed by atoms with Gasteiger partial charge < -0.3 is 30.8 Å². The molecular formula is C29H36Br5ClN8. The molecule has 0 saturated carbocycles. The second kappa shape index (κ2) is 14.6. The zero-order valence-corrected chi connectivity index (χ0v) is 32.5. The van der Waals surface area contributed by atoms with Crippen molar-refractivity contribution in [3.63, 3.8) is 0 Å². The minimum atomic E-state index is 0. The predicted octanol–water partition coefficient (Wildman–Crippen LogP) is 8.14. The summed E-state index contributed by atoms with van der Waals surface area (Å²) in [7, 11) is 0. The van der Waals surface area contributed by atoms with E-state index in [0.29, 0.717) is 12.5 Å². The first kappa shape index (κ1) is 33.9. The Labute approximate surface area is 300 Å². The van der Waals surface area contributed by atoms with E-state index >= 15 is 0 Å². The van der Waals surface area contributed by atoms with Crippen LogP contribution in [0.15, 0.2) is 28.4 Å². The van der Waals surface area contributed by atoms with Crippen molar-refractivity contribution in [2.45, 2.75) is 58.0 Å². The van der Waals surface area contributed by atoms with Crippen molar-refractivity contribution in [2.24, 2.45) is 17.4 Å². The molecular weight excluding hydrogens is 895 g/mol. The van der Waals surface area contributed by atoms with Crippen LogP contribution in [0.5, 0.6) is 0 Å². The van der Waals surface area contributed by atoms with E-state index in [9.17, 15) is 0 Å². The van der Waals surface area contributed by atoms with Crippen LogP contribution in [0.1, 0.15) is 43.2 Å². The number of halogens is 6. The number of nitrogens with zero attached hydrogens (tertiary/aromatic N) is 5. The topological polar surface area (TPSA) is 103 Å². The summed E-state index contributed by atoms with van der Waals surface area (Å²) >= 11 is 18.4. The minimum Gasteiger partial charge on any atom is -0.356 e. The van der Waals surface area contributed by atoms with Crippen LogP contribution in [0.25, 0.3) is 22.1 Å². The maximum absolute atomic E-state index is 5.83. The molecule has 0 bridgehead atoms. The Morgan fingerprint density at radius 1 is 0.814 bits per heavy atom. The third-order valence-corrected chi connectivity index (χ3v) is 14.2. The first-order chi connectivity index (χ1) is 20.3. The third-order valence-electron chi connectivity index (χ3n) is 8.62. The average Bonchev–Trinajstić information content (AvgIpc) is 3.58. The molecule has 1 saturated heterocycles. The maximum Gasteiger partial charge on any atom is 0.206 e. The highest BCUT2D eigenvalue weighted by Gasteiger charge is 2.29. The number of anilines is 2. The van der Waals surface area contributed by atoms with Crippen LogP contribution in [0.3, 0.4) is 0 Å². The van der Waals surface area contributed by atoms with Gasteiger partial charge in [-0.1, -0.05) is 0 Å². The average molecular weight is 932 g/mol. The second-order valence-corrected chi connectivity index (χ2v) is 15.3. The second-order valence-electron chi connectivity index (χ2n) is 11.2. The van der Waals surface area contributed by atoms with Gasteiger partial charge in [0, 0.05) is 50.6 Å². The van der Waals surface area contributed by atoms with Crippen LogP contribution in [0.2, 0.25) is 0 Å². The molecule has 0 unspecified atom stereocenters. The summed E-state index contributed by atoms with van der Waals surface area (Å²) in [6.07, 6.45) is 7.82. The fourth-order valence-electron chi connectivity index (χ4n) is 6.42. The van der Waals surface area contributed by atoms with Gasteiger partial charge in [0.1, 0.15) is 5.52 Å². The summed E-state index contributed by atoms with van der Waals surface area (Å²) < 4.78 is 10.2. The van der Waals surface area contributed by atoms with Gasteiger partial charge in [-0.2, -0.15) is 0 Å². The molecule has 0 spiro atoms. The summed E-state index contributed by atoms with van der Waals surface area (Å²) in [5, 5.41) is 3.40. The highest BCUT2D eigenvalue weighted by molar-refractivity contribution is 9.14. The number of benzene rings is 2. The van der Waals surface area contributed by atoms with Gasteiger partial charge in [0.25, 0.3) is 0 Å². The van der Waals surface area contributed by atoms with Gasteiger partial charge >= 0.3 is 0 Å². The number of nitrogens with one attached hydrogen (secondary N) is 1. The van der Waals surface area contributed by atoms with Gasteiger partial charge in [-0.15, -0.1) is 12.4 Å². The zero-order valence-electron chi connectivity index (χ0n) is 23.7. The number of rotatable bonds is 6. The van der Waals surface area contributed by atoms with Gasteiger partial charge in [0.2, 0.25) is 11.9 Å². The van der Waals surface area contributed by atoms with Gasteiger partial charge in [0.15, 0.2) is 0 Å². The van der Waals surface area contributed by atoms with Crippen LogP contribution in [-0.4, -0.2) is 51.8 Å². The number of piperidine rings is 1. The Hall–Kier alpha value is -0.410. The first-order valence-electron chi connectivity index (χ1n) is 14.7. The smallest absolute Gasteiger partial charge is 0.206 e. The first-order valence-corrected chi connectivity index (χ1v) is 18.6.